The van der Waals surface area contributed by atoms with Gasteiger partial charge in [0.2, 0.25) is 0 Å². The van der Waals surface area contributed by atoms with Gasteiger partial charge < -0.3 is 22.5 Å². The highest BCUT2D eigenvalue weighted by Crippen LogP contribution is 2.04. The summed E-state index contributed by atoms with van der Waals surface area (Å²) in [7, 11) is 3.75. The minimum Gasteiger partial charge on any atom is -0.402 e. The van der Waals surface area contributed by atoms with Crippen molar-refractivity contribution >= 4 is 6.29 Å². The fourth-order valence-corrected chi connectivity index (χ4v) is 1.37. The maximum absolute atomic E-state index is 10.4. The second-order valence-electron chi connectivity index (χ2n) is 4.39. The third-order valence-corrected chi connectivity index (χ3v) is 2.27. The van der Waals surface area contributed by atoms with Crippen LogP contribution in [0, 0.1) is 0 Å². The van der Waals surface area contributed by atoms with E-state index in [-0.39, 0.29) is 5.82 Å². The van der Waals surface area contributed by atoms with Crippen LogP contribution in [0.4, 0.5) is 0 Å². The molecule has 0 amide bonds. The largest absolute Gasteiger partial charge is 0.402 e. The SMILES string of the molecule is CNC.NC(N)=C/C=C(\N)CCCCn1cc(C=O)nn1. The molecule has 0 aliphatic carbocycles. The number of aryl methyl sites for hydroxylation is 1. The highest BCUT2D eigenvalue weighted by molar-refractivity contribution is 5.70. The summed E-state index contributed by atoms with van der Waals surface area (Å²) in [6.45, 7) is 0.711. The van der Waals surface area contributed by atoms with E-state index < -0.39 is 0 Å². The standard InChI is InChI=1S/C11H18N6O.C2H7N/c12-9(4-5-11(13)14)3-1-2-6-17-7-10(8-18)15-16-17;1-3-2/h4-5,7-8H,1-3,6,12-14H2;3H,1-2H3/b9-4-;. The van der Waals surface area contributed by atoms with Gasteiger partial charge in [-0.25, -0.2) is 0 Å². The molecule has 0 aromatic carbocycles. The lowest BCUT2D eigenvalue weighted by molar-refractivity contribution is 0.111. The second-order valence-corrected chi connectivity index (χ2v) is 4.39. The first kappa shape index (κ1) is 18.7. The third kappa shape index (κ3) is 10.1. The molecule has 0 saturated carbocycles. The number of hydrogen-bond acceptors (Lipinski definition) is 7. The van der Waals surface area contributed by atoms with Crippen molar-refractivity contribution in [3.05, 3.63) is 35.6 Å². The first-order valence-electron chi connectivity index (χ1n) is 6.64. The van der Waals surface area contributed by atoms with Crippen molar-refractivity contribution in [2.45, 2.75) is 25.8 Å². The van der Waals surface area contributed by atoms with E-state index in [0.717, 1.165) is 25.0 Å². The molecule has 0 unspecified atom stereocenters. The fraction of sp³-hybridized carbons (Fsp3) is 0.462. The van der Waals surface area contributed by atoms with Gasteiger partial charge in [0.1, 0.15) is 5.69 Å². The summed E-state index contributed by atoms with van der Waals surface area (Å²) in [5.41, 5.74) is 17.4. The van der Waals surface area contributed by atoms with E-state index in [1.54, 1.807) is 23.0 Å². The number of carbonyl (C=O) groups excluding carboxylic acids is 1. The highest BCUT2D eigenvalue weighted by atomic mass is 16.1. The summed E-state index contributed by atoms with van der Waals surface area (Å²) < 4.78 is 1.64. The normalized spacial score (nSPS) is 10.5. The summed E-state index contributed by atoms with van der Waals surface area (Å²) in [6, 6.07) is 0. The molecule has 0 saturated heterocycles. The van der Waals surface area contributed by atoms with Gasteiger partial charge in [-0.3, -0.25) is 9.48 Å². The molecule has 1 aromatic heterocycles. The van der Waals surface area contributed by atoms with Gasteiger partial charge in [-0.05, 0) is 45.5 Å². The number of unbranched alkanes of at least 4 members (excludes halogenated alkanes) is 1. The van der Waals surface area contributed by atoms with Gasteiger partial charge in [-0.2, -0.15) is 0 Å². The molecule has 1 heterocycles. The zero-order valence-electron chi connectivity index (χ0n) is 12.6. The van der Waals surface area contributed by atoms with Crippen molar-refractivity contribution in [3.8, 4) is 0 Å². The molecule has 7 N–H and O–H groups in total. The molecule has 118 valence electrons. The van der Waals surface area contributed by atoms with E-state index in [4.69, 9.17) is 17.2 Å². The molecule has 0 atom stereocenters. The smallest absolute Gasteiger partial charge is 0.171 e. The summed E-state index contributed by atoms with van der Waals surface area (Å²) in [4.78, 5) is 10.4. The van der Waals surface area contributed by atoms with Crippen LogP contribution in [0.5, 0.6) is 0 Å². The molecular formula is C13H25N7O. The summed E-state index contributed by atoms with van der Waals surface area (Å²) in [6.07, 6.45) is 8.14. The molecule has 0 aliphatic heterocycles. The van der Waals surface area contributed by atoms with Crippen LogP contribution in [-0.4, -0.2) is 35.4 Å². The van der Waals surface area contributed by atoms with Crippen molar-refractivity contribution in [2.24, 2.45) is 17.2 Å². The maximum atomic E-state index is 10.4. The maximum Gasteiger partial charge on any atom is 0.171 e. The van der Waals surface area contributed by atoms with Crippen molar-refractivity contribution in [1.82, 2.24) is 20.3 Å². The fourth-order valence-electron chi connectivity index (χ4n) is 1.37. The molecule has 8 nitrogen and oxygen atoms in total. The van der Waals surface area contributed by atoms with Crippen molar-refractivity contribution in [1.29, 1.82) is 0 Å². The van der Waals surface area contributed by atoms with E-state index in [2.05, 4.69) is 15.6 Å². The molecule has 21 heavy (non-hydrogen) atoms. The van der Waals surface area contributed by atoms with E-state index in [0.29, 0.717) is 18.5 Å². The summed E-state index contributed by atoms with van der Waals surface area (Å²) >= 11 is 0. The Morgan fingerprint density at radius 2 is 1.95 bits per heavy atom. The Bertz CT molecular complexity index is 461. The number of rotatable bonds is 7. The molecule has 1 aromatic rings. The number of hydrogen-bond donors (Lipinski definition) is 4. The van der Waals surface area contributed by atoms with Crippen LogP contribution in [0.1, 0.15) is 29.8 Å². The van der Waals surface area contributed by atoms with Gasteiger partial charge in [-0.15, -0.1) is 5.10 Å². The van der Waals surface area contributed by atoms with Gasteiger partial charge in [0.25, 0.3) is 0 Å². The number of allylic oxidation sites excluding steroid dienone is 3. The minimum absolute atomic E-state index is 0.238. The van der Waals surface area contributed by atoms with Crippen LogP contribution >= 0.6 is 0 Å². The summed E-state index contributed by atoms with van der Waals surface area (Å²) in [5, 5.41) is 10.2. The molecule has 1 rings (SSSR count). The topological polar surface area (TPSA) is 138 Å². The molecule has 0 bridgehead atoms. The first-order valence-corrected chi connectivity index (χ1v) is 6.64. The third-order valence-electron chi connectivity index (χ3n) is 2.27. The number of nitrogens with two attached hydrogens (primary N) is 3. The predicted octanol–water partition coefficient (Wildman–Crippen LogP) is -0.302. The molecule has 0 radical (unpaired) electrons. The van der Waals surface area contributed by atoms with Gasteiger partial charge in [0, 0.05) is 12.2 Å². The number of aldehydes is 1. The van der Waals surface area contributed by atoms with E-state index >= 15 is 0 Å². The Morgan fingerprint density at radius 1 is 1.29 bits per heavy atom. The van der Waals surface area contributed by atoms with E-state index in [1.165, 1.54) is 0 Å². The van der Waals surface area contributed by atoms with Crippen molar-refractivity contribution in [3.63, 3.8) is 0 Å². The number of nitrogens with one attached hydrogen (secondary N) is 1. The lowest BCUT2D eigenvalue weighted by Gasteiger charge is -2.01. The molecular weight excluding hydrogens is 270 g/mol. The van der Waals surface area contributed by atoms with Crippen LogP contribution in [0.25, 0.3) is 0 Å². The number of aromatic nitrogens is 3. The van der Waals surface area contributed by atoms with Gasteiger partial charge in [-0.1, -0.05) is 5.21 Å². The monoisotopic (exact) mass is 295 g/mol. The van der Waals surface area contributed by atoms with Crippen LogP contribution in [0.2, 0.25) is 0 Å². The van der Waals surface area contributed by atoms with Gasteiger partial charge in [0.05, 0.1) is 12.0 Å². The number of carbonyl (C=O) groups is 1. The molecule has 0 fully saturated rings. The molecule has 8 heteroatoms. The van der Waals surface area contributed by atoms with Crippen molar-refractivity contribution < 1.29 is 4.79 Å². The Hall–Kier alpha value is -2.35. The molecule has 0 spiro atoms. The predicted molar refractivity (Wildman–Crippen MR) is 83.0 cm³/mol. The first-order chi connectivity index (χ1) is 10.0. The lowest BCUT2D eigenvalue weighted by Crippen LogP contribution is -2.07. The van der Waals surface area contributed by atoms with Crippen LogP contribution < -0.4 is 22.5 Å². The Labute approximate surface area is 125 Å². The minimum atomic E-state index is 0.238. The Morgan fingerprint density at radius 3 is 2.48 bits per heavy atom. The molecule has 0 aliphatic rings. The quantitative estimate of drug-likeness (QED) is 0.308. The van der Waals surface area contributed by atoms with Crippen LogP contribution in [0.3, 0.4) is 0 Å². The summed E-state index contributed by atoms with van der Waals surface area (Å²) in [5.74, 6) is 0.238. The lowest BCUT2D eigenvalue weighted by atomic mass is 10.2. The van der Waals surface area contributed by atoms with Gasteiger partial charge >= 0.3 is 0 Å². The van der Waals surface area contributed by atoms with Crippen molar-refractivity contribution in [2.75, 3.05) is 14.1 Å². The Balaban J connectivity index is 0.00000122. The van der Waals surface area contributed by atoms with E-state index in [9.17, 15) is 4.79 Å². The Kier molecular flexibility index (Phi) is 10.2. The van der Waals surface area contributed by atoms with E-state index in [1.807, 2.05) is 14.1 Å². The second kappa shape index (κ2) is 11.5. The average molecular weight is 295 g/mol. The van der Waals surface area contributed by atoms with Crippen LogP contribution in [-0.2, 0) is 6.54 Å². The zero-order valence-corrected chi connectivity index (χ0v) is 12.6. The van der Waals surface area contributed by atoms with Crippen LogP contribution in [0.15, 0.2) is 29.9 Å². The highest BCUT2D eigenvalue weighted by Gasteiger charge is 1.98. The average Bonchev–Trinajstić information content (AvgIpc) is 2.90. The van der Waals surface area contributed by atoms with Gasteiger partial charge in [0.15, 0.2) is 6.29 Å². The zero-order chi connectivity index (χ0) is 16.1. The number of nitrogens with zero attached hydrogens (tertiary/aromatic N) is 3.